The smallest absolute Gasteiger partial charge is 0.357 e. The van der Waals surface area contributed by atoms with Crippen molar-refractivity contribution in [3.63, 3.8) is 0 Å². The molecule has 0 aliphatic rings. The number of hydrogen-bond acceptors (Lipinski definition) is 5. The average molecular weight is 429 g/mol. The molecule has 0 spiro atoms. The number of ether oxygens (including phenoxy) is 1. The summed E-state index contributed by atoms with van der Waals surface area (Å²) in [6, 6.07) is 4.85. The first-order valence-electron chi connectivity index (χ1n) is 8.82. The minimum absolute atomic E-state index is 0.141. The van der Waals surface area contributed by atoms with Crippen LogP contribution in [0.25, 0.3) is 0 Å². The predicted molar refractivity (Wildman–Crippen MR) is 109 cm³/mol. The average Bonchev–Trinajstić information content (AvgIpc) is 3.12. The molecule has 1 aromatic carbocycles. The lowest BCUT2D eigenvalue weighted by Gasteiger charge is -2.22. The molecule has 0 aliphatic heterocycles. The van der Waals surface area contributed by atoms with Crippen molar-refractivity contribution in [3.8, 4) is 0 Å². The normalized spacial score (nSPS) is 10.7. The summed E-state index contributed by atoms with van der Waals surface area (Å²) in [5.74, 6) is -0.592. The lowest BCUT2D eigenvalue weighted by Crippen LogP contribution is -2.31. The molecule has 8 heteroatoms. The molecule has 0 atom stereocenters. The lowest BCUT2D eigenvalue weighted by atomic mass is 10.1. The third kappa shape index (κ3) is 6.19. The number of aromatic nitrogens is 1. The van der Waals surface area contributed by atoms with Gasteiger partial charge in [-0.05, 0) is 31.5 Å². The highest BCUT2D eigenvalue weighted by atomic mass is 35.5. The Morgan fingerprint density at radius 2 is 1.96 bits per heavy atom. The lowest BCUT2D eigenvalue weighted by molar-refractivity contribution is 0.0520. The molecule has 2 aromatic rings. The van der Waals surface area contributed by atoms with E-state index in [4.69, 9.17) is 27.9 Å². The Kier molecular flexibility index (Phi) is 8.54. The van der Waals surface area contributed by atoms with E-state index in [1.54, 1.807) is 35.4 Å². The number of rotatable bonds is 9. The summed E-state index contributed by atoms with van der Waals surface area (Å²) >= 11 is 13.3. The number of unbranched alkanes of at least 4 members (excludes halogenated alkanes) is 2. The molecule has 0 aliphatic carbocycles. The number of carbonyl (C=O) groups is 2. The minimum Gasteiger partial charge on any atom is -0.461 e. The van der Waals surface area contributed by atoms with Gasteiger partial charge in [-0.15, -0.1) is 11.3 Å². The van der Waals surface area contributed by atoms with Gasteiger partial charge in [0.05, 0.1) is 23.2 Å². The van der Waals surface area contributed by atoms with Gasteiger partial charge in [-0.3, -0.25) is 4.79 Å². The van der Waals surface area contributed by atoms with Crippen molar-refractivity contribution in [1.29, 1.82) is 0 Å². The van der Waals surface area contributed by atoms with Gasteiger partial charge in [0, 0.05) is 17.5 Å². The fourth-order valence-electron chi connectivity index (χ4n) is 2.46. The van der Waals surface area contributed by atoms with Crippen LogP contribution in [-0.4, -0.2) is 34.9 Å². The Morgan fingerprint density at radius 3 is 2.63 bits per heavy atom. The molecule has 0 unspecified atom stereocenters. The van der Waals surface area contributed by atoms with Crippen LogP contribution in [0.2, 0.25) is 10.0 Å². The zero-order valence-electron chi connectivity index (χ0n) is 15.3. The Labute approximate surface area is 173 Å². The highest BCUT2D eigenvalue weighted by Gasteiger charge is 2.20. The first kappa shape index (κ1) is 21.7. The summed E-state index contributed by atoms with van der Waals surface area (Å²) in [7, 11) is 0. The minimum atomic E-state index is -0.451. The van der Waals surface area contributed by atoms with Crippen LogP contribution < -0.4 is 0 Å². The monoisotopic (exact) mass is 428 g/mol. The maximum atomic E-state index is 13.0. The SMILES string of the molecule is CCCCCN(Cc1nc(C(=O)OCC)cs1)C(=O)c1ccc(Cl)c(Cl)c1. The van der Waals surface area contributed by atoms with Gasteiger partial charge >= 0.3 is 5.97 Å². The van der Waals surface area contributed by atoms with Crippen LogP contribution in [0.4, 0.5) is 0 Å². The largest absolute Gasteiger partial charge is 0.461 e. The van der Waals surface area contributed by atoms with E-state index in [-0.39, 0.29) is 11.6 Å². The van der Waals surface area contributed by atoms with Gasteiger partial charge in [-0.25, -0.2) is 9.78 Å². The molecule has 146 valence electrons. The summed E-state index contributed by atoms with van der Waals surface area (Å²) in [5, 5.41) is 3.09. The Bertz CT molecular complexity index is 795. The molecule has 0 bridgehead atoms. The summed E-state index contributed by atoms with van der Waals surface area (Å²) in [6.07, 6.45) is 2.97. The highest BCUT2D eigenvalue weighted by molar-refractivity contribution is 7.09. The van der Waals surface area contributed by atoms with E-state index in [0.29, 0.717) is 40.3 Å². The van der Waals surface area contributed by atoms with E-state index in [9.17, 15) is 9.59 Å². The highest BCUT2D eigenvalue weighted by Crippen LogP contribution is 2.24. The van der Waals surface area contributed by atoms with Crippen LogP contribution in [-0.2, 0) is 11.3 Å². The molecule has 0 saturated heterocycles. The molecule has 1 amide bonds. The fraction of sp³-hybridized carbons (Fsp3) is 0.421. The molecular weight excluding hydrogens is 407 g/mol. The summed E-state index contributed by atoms with van der Waals surface area (Å²) in [4.78, 5) is 30.8. The molecule has 2 rings (SSSR count). The molecule has 5 nitrogen and oxygen atoms in total. The molecule has 27 heavy (non-hydrogen) atoms. The van der Waals surface area contributed by atoms with Crippen molar-refractivity contribution in [2.24, 2.45) is 0 Å². The Hall–Kier alpha value is -1.63. The number of carbonyl (C=O) groups excluding carboxylic acids is 2. The second-order valence-electron chi connectivity index (χ2n) is 5.91. The zero-order chi connectivity index (χ0) is 19.8. The zero-order valence-corrected chi connectivity index (χ0v) is 17.7. The number of nitrogens with zero attached hydrogens (tertiary/aromatic N) is 2. The Balaban J connectivity index is 2.17. The third-order valence-electron chi connectivity index (χ3n) is 3.85. The number of thiazole rings is 1. The van der Waals surface area contributed by atoms with Crippen LogP contribution in [0.15, 0.2) is 23.6 Å². The van der Waals surface area contributed by atoms with E-state index in [2.05, 4.69) is 11.9 Å². The number of benzene rings is 1. The standard InChI is InChI=1S/C19H22Cl2N2O3S/c1-3-5-6-9-23(18(24)13-7-8-14(20)15(21)10-13)11-17-22-16(12-27-17)19(25)26-4-2/h7-8,10,12H,3-6,9,11H2,1-2H3. The van der Waals surface area contributed by atoms with E-state index >= 15 is 0 Å². The summed E-state index contributed by atoms with van der Waals surface area (Å²) in [6.45, 7) is 5.08. The first-order chi connectivity index (χ1) is 13.0. The van der Waals surface area contributed by atoms with Crippen LogP contribution >= 0.6 is 34.5 Å². The van der Waals surface area contributed by atoms with Gasteiger partial charge < -0.3 is 9.64 Å². The Morgan fingerprint density at radius 1 is 1.19 bits per heavy atom. The van der Waals surface area contributed by atoms with E-state index in [1.165, 1.54) is 11.3 Å². The van der Waals surface area contributed by atoms with Gasteiger partial charge in [0.1, 0.15) is 5.01 Å². The van der Waals surface area contributed by atoms with Crippen molar-refractivity contribution >= 4 is 46.4 Å². The molecule has 0 fully saturated rings. The van der Waals surface area contributed by atoms with Crippen molar-refractivity contribution in [3.05, 3.63) is 49.9 Å². The van der Waals surface area contributed by atoms with Crippen molar-refractivity contribution < 1.29 is 14.3 Å². The maximum Gasteiger partial charge on any atom is 0.357 e. The third-order valence-corrected chi connectivity index (χ3v) is 5.42. The van der Waals surface area contributed by atoms with E-state index < -0.39 is 5.97 Å². The van der Waals surface area contributed by atoms with Gasteiger partial charge in [0.2, 0.25) is 0 Å². The van der Waals surface area contributed by atoms with Crippen LogP contribution in [0.5, 0.6) is 0 Å². The van der Waals surface area contributed by atoms with Gasteiger partial charge in [0.25, 0.3) is 5.91 Å². The van der Waals surface area contributed by atoms with Gasteiger partial charge in [0.15, 0.2) is 5.69 Å². The number of hydrogen-bond donors (Lipinski definition) is 0. The van der Waals surface area contributed by atoms with Crippen LogP contribution in [0, 0.1) is 0 Å². The van der Waals surface area contributed by atoms with Crippen LogP contribution in [0.1, 0.15) is 59.0 Å². The van der Waals surface area contributed by atoms with Crippen molar-refractivity contribution in [2.45, 2.75) is 39.7 Å². The molecule has 0 N–H and O–H groups in total. The van der Waals surface area contributed by atoms with Crippen molar-refractivity contribution in [2.75, 3.05) is 13.2 Å². The summed E-state index contributed by atoms with van der Waals surface area (Å²) < 4.78 is 4.96. The maximum absolute atomic E-state index is 13.0. The molecule has 1 heterocycles. The quantitative estimate of drug-likeness (QED) is 0.392. The second kappa shape index (κ2) is 10.6. The molecule has 1 aromatic heterocycles. The van der Waals surface area contributed by atoms with Crippen molar-refractivity contribution in [1.82, 2.24) is 9.88 Å². The number of amides is 1. The molecular formula is C19H22Cl2N2O3S. The number of halogens is 2. The fourth-order valence-corrected chi connectivity index (χ4v) is 3.54. The van der Waals surface area contributed by atoms with Gasteiger partial charge in [-0.2, -0.15) is 0 Å². The topological polar surface area (TPSA) is 59.5 Å². The number of esters is 1. The molecule has 0 saturated carbocycles. The molecule has 0 radical (unpaired) electrons. The van der Waals surface area contributed by atoms with E-state index in [1.807, 2.05) is 0 Å². The first-order valence-corrected chi connectivity index (χ1v) is 10.5. The summed E-state index contributed by atoms with van der Waals surface area (Å²) in [5.41, 5.74) is 0.746. The second-order valence-corrected chi connectivity index (χ2v) is 7.67. The van der Waals surface area contributed by atoms with Crippen LogP contribution in [0.3, 0.4) is 0 Å². The van der Waals surface area contributed by atoms with E-state index in [0.717, 1.165) is 19.3 Å². The predicted octanol–water partition coefficient (Wildman–Crippen LogP) is 5.46. The van der Waals surface area contributed by atoms with Gasteiger partial charge in [-0.1, -0.05) is 43.0 Å².